The predicted molar refractivity (Wildman–Crippen MR) is 81.6 cm³/mol. The van der Waals surface area contributed by atoms with Gasteiger partial charge in [-0.15, -0.1) is 12.4 Å². The van der Waals surface area contributed by atoms with Gasteiger partial charge in [0.1, 0.15) is 0 Å². The third kappa shape index (κ3) is 4.13. The minimum atomic E-state index is 0. The van der Waals surface area contributed by atoms with E-state index in [1.54, 1.807) is 24.3 Å². The molecule has 0 aliphatic heterocycles. The normalized spacial score (nSPS) is 22.4. The molecule has 2 atom stereocenters. The first-order valence-electron chi connectivity index (χ1n) is 6.87. The number of nitrogens with two attached hydrogens (primary N) is 1. The Morgan fingerprint density at radius 1 is 1.26 bits per heavy atom. The van der Waals surface area contributed by atoms with Crippen molar-refractivity contribution >= 4 is 24.0 Å². The summed E-state index contributed by atoms with van der Waals surface area (Å²) in [7, 11) is 0. The molecule has 3 N–H and O–H groups in total. The van der Waals surface area contributed by atoms with Crippen molar-refractivity contribution < 1.29 is 4.79 Å². The van der Waals surface area contributed by atoms with Crippen LogP contribution in [0.2, 0.25) is 0 Å². The molecule has 0 bridgehead atoms. The molecule has 1 aromatic rings. The van der Waals surface area contributed by atoms with Gasteiger partial charge < -0.3 is 11.1 Å². The predicted octanol–water partition coefficient (Wildman–Crippen LogP) is 3.39. The molecule has 106 valence electrons. The maximum Gasteiger partial charge on any atom is 0.251 e. The fourth-order valence-electron chi connectivity index (χ4n) is 2.77. The third-order valence-electron chi connectivity index (χ3n) is 3.92. The monoisotopic (exact) mass is 282 g/mol. The molecule has 1 amide bonds. The molecule has 0 aromatic heterocycles. The van der Waals surface area contributed by atoms with Crippen LogP contribution in [0.25, 0.3) is 0 Å². The maximum atomic E-state index is 12.1. The Morgan fingerprint density at radius 3 is 2.53 bits per heavy atom. The van der Waals surface area contributed by atoms with Gasteiger partial charge in [-0.1, -0.05) is 26.2 Å². The number of amides is 1. The second-order valence-electron chi connectivity index (χ2n) is 5.15. The summed E-state index contributed by atoms with van der Waals surface area (Å²) in [5.41, 5.74) is 7.01. The van der Waals surface area contributed by atoms with Crippen LogP contribution in [0.4, 0.5) is 5.69 Å². The summed E-state index contributed by atoms with van der Waals surface area (Å²) in [6.45, 7) is 2.21. The van der Waals surface area contributed by atoms with Crippen molar-refractivity contribution in [2.24, 2.45) is 5.92 Å². The summed E-state index contributed by atoms with van der Waals surface area (Å²) < 4.78 is 0. The number of carbonyl (C=O) groups excluding carboxylic acids is 1. The molecule has 1 aliphatic carbocycles. The summed E-state index contributed by atoms with van der Waals surface area (Å²) in [4.78, 5) is 12.1. The second kappa shape index (κ2) is 7.39. The van der Waals surface area contributed by atoms with E-state index in [0.29, 0.717) is 23.2 Å². The van der Waals surface area contributed by atoms with Gasteiger partial charge in [0.2, 0.25) is 0 Å². The second-order valence-corrected chi connectivity index (χ2v) is 5.15. The van der Waals surface area contributed by atoms with Gasteiger partial charge in [-0.25, -0.2) is 0 Å². The van der Waals surface area contributed by atoms with E-state index in [4.69, 9.17) is 5.73 Å². The van der Waals surface area contributed by atoms with Crippen LogP contribution in [0.5, 0.6) is 0 Å². The highest BCUT2D eigenvalue weighted by atomic mass is 35.5. The Labute approximate surface area is 121 Å². The molecule has 2 unspecified atom stereocenters. The molecule has 0 heterocycles. The number of carbonyl (C=O) groups is 1. The van der Waals surface area contributed by atoms with E-state index in [-0.39, 0.29) is 18.3 Å². The van der Waals surface area contributed by atoms with E-state index in [1.807, 2.05) is 0 Å². The molecule has 0 saturated heterocycles. The topological polar surface area (TPSA) is 55.1 Å². The molecule has 19 heavy (non-hydrogen) atoms. The van der Waals surface area contributed by atoms with Gasteiger partial charge in [0.05, 0.1) is 0 Å². The van der Waals surface area contributed by atoms with Crippen molar-refractivity contribution in [2.75, 3.05) is 5.73 Å². The summed E-state index contributed by atoms with van der Waals surface area (Å²) >= 11 is 0. The van der Waals surface area contributed by atoms with Gasteiger partial charge in [0, 0.05) is 17.3 Å². The Morgan fingerprint density at radius 2 is 1.89 bits per heavy atom. The standard InChI is InChI=1S/C15H22N2O.ClH/c1-2-11-5-3-4-6-14(11)17-15(18)12-7-9-13(16)10-8-12;/h7-11,14H,2-6,16H2,1H3,(H,17,18);1H. The fraction of sp³-hybridized carbons (Fsp3) is 0.533. The first kappa shape index (κ1) is 15.8. The molecule has 3 nitrogen and oxygen atoms in total. The average molecular weight is 283 g/mol. The highest BCUT2D eigenvalue weighted by molar-refractivity contribution is 5.94. The van der Waals surface area contributed by atoms with Crippen LogP contribution in [0, 0.1) is 5.92 Å². The number of halogens is 1. The van der Waals surface area contributed by atoms with Gasteiger partial charge in [-0.3, -0.25) is 4.79 Å². The first-order chi connectivity index (χ1) is 8.70. The lowest BCUT2D eigenvalue weighted by molar-refractivity contribution is 0.0905. The van der Waals surface area contributed by atoms with Gasteiger partial charge in [-0.05, 0) is 43.0 Å². The molecule has 1 fully saturated rings. The zero-order valence-electron chi connectivity index (χ0n) is 11.4. The molecule has 1 aliphatic rings. The average Bonchev–Trinajstić information content (AvgIpc) is 2.40. The molecule has 2 rings (SSSR count). The smallest absolute Gasteiger partial charge is 0.251 e. The third-order valence-corrected chi connectivity index (χ3v) is 3.92. The lowest BCUT2D eigenvalue weighted by Crippen LogP contribution is -2.41. The van der Waals surface area contributed by atoms with Gasteiger partial charge in [0.25, 0.3) is 5.91 Å². The van der Waals surface area contributed by atoms with Crippen molar-refractivity contribution in [1.82, 2.24) is 5.32 Å². The summed E-state index contributed by atoms with van der Waals surface area (Å²) in [6.07, 6.45) is 6.02. The molecular weight excluding hydrogens is 260 g/mol. The van der Waals surface area contributed by atoms with Gasteiger partial charge in [0.15, 0.2) is 0 Å². The molecular formula is C15H23ClN2O. The highest BCUT2D eigenvalue weighted by Crippen LogP contribution is 2.27. The van der Waals surface area contributed by atoms with E-state index in [9.17, 15) is 4.79 Å². The maximum absolute atomic E-state index is 12.1. The number of benzene rings is 1. The summed E-state index contributed by atoms with van der Waals surface area (Å²) in [5, 5.41) is 3.18. The van der Waals surface area contributed by atoms with Crippen LogP contribution in [-0.4, -0.2) is 11.9 Å². The number of hydrogen-bond donors (Lipinski definition) is 2. The van der Waals surface area contributed by atoms with E-state index in [1.165, 1.54) is 19.3 Å². The zero-order valence-corrected chi connectivity index (χ0v) is 12.2. The molecule has 1 saturated carbocycles. The largest absolute Gasteiger partial charge is 0.399 e. The minimum Gasteiger partial charge on any atom is -0.399 e. The van der Waals surface area contributed by atoms with Crippen LogP contribution >= 0.6 is 12.4 Å². The minimum absolute atomic E-state index is 0. The lowest BCUT2D eigenvalue weighted by atomic mass is 9.83. The van der Waals surface area contributed by atoms with Crippen LogP contribution in [-0.2, 0) is 0 Å². The number of hydrogen-bond acceptors (Lipinski definition) is 2. The number of nitrogen functional groups attached to an aromatic ring is 1. The number of anilines is 1. The fourth-order valence-corrected chi connectivity index (χ4v) is 2.77. The highest BCUT2D eigenvalue weighted by Gasteiger charge is 2.25. The number of nitrogens with one attached hydrogen (secondary N) is 1. The Kier molecular flexibility index (Phi) is 6.16. The zero-order chi connectivity index (χ0) is 13.0. The van der Waals surface area contributed by atoms with E-state index in [0.717, 1.165) is 12.8 Å². The quantitative estimate of drug-likeness (QED) is 0.835. The van der Waals surface area contributed by atoms with E-state index < -0.39 is 0 Å². The van der Waals surface area contributed by atoms with Gasteiger partial charge >= 0.3 is 0 Å². The summed E-state index contributed by atoms with van der Waals surface area (Å²) in [6, 6.07) is 7.46. The Hall–Kier alpha value is -1.22. The van der Waals surface area contributed by atoms with Crippen LogP contribution in [0.3, 0.4) is 0 Å². The van der Waals surface area contributed by atoms with E-state index >= 15 is 0 Å². The summed E-state index contributed by atoms with van der Waals surface area (Å²) in [5.74, 6) is 0.664. The Bertz CT molecular complexity index is 405. The van der Waals surface area contributed by atoms with Crippen molar-refractivity contribution in [1.29, 1.82) is 0 Å². The first-order valence-corrected chi connectivity index (χ1v) is 6.87. The molecule has 0 spiro atoms. The lowest BCUT2D eigenvalue weighted by Gasteiger charge is -2.31. The number of rotatable bonds is 3. The van der Waals surface area contributed by atoms with Crippen molar-refractivity contribution in [3.8, 4) is 0 Å². The SMILES string of the molecule is CCC1CCCCC1NC(=O)c1ccc(N)cc1.Cl. The molecule has 1 aromatic carbocycles. The van der Waals surface area contributed by atoms with Crippen molar-refractivity contribution in [3.05, 3.63) is 29.8 Å². The Balaban J connectivity index is 0.00000180. The molecule has 4 heteroatoms. The van der Waals surface area contributed by atoms with E-state index in [2.05, 4.69) is 12.2 Å². The van der Waals surface area contributed by atoms with Crippen LogP contribution in [0.1, 0.15) is 49.4 Å². The van der Waals surface area contributed by atoms with Crippen molar-refractivity contribution in [2.45, 2.75) is 45.1 Å². The van der Waals surface area contributed by atoms with Crippen LogP contribution < -0.4 is 11.1 Å². The van der Waals surface area contributed by atoms with Crippen molar-refractivity contribution in [3.63, 3.8) is 0 Å². The van der Waals surface area contributed by atoms with Gasteiger partial charge in [-0.2, -0.15) is 0 Å². The molecule has 0 radical (unpaired) electrons. The van der Waals surface area contributed by atoms with Crippen LogP contribution in [0.15, 0.2) is 24.3 Å².